The number of aryl methyl sites for hydroxylation is 1. The molecule has 1 aliphatic rings. The van der Waals surface area contributed by atoms with Gasteiger partial charge in [-0.25, -0.2) is 4.98 Å². The van der Waals surface area contributed by atoms with Gasteiger partial charge in [0.15, 0.2) is 0 Å². The second-order valence-corrected chi connectivity index (χ2v) is 6.75. The Balaban J connectivity index is 1.66. The highest BCUT2D eigenvalue weighted by Crippen LogP contribution is 2.30. The minimum atomic E-state index is -1.03. The van der Waals surface area contributed by atoms with E-state index in [1.807, 2.05) is 36.6 Å². The Morgan fingerprint density at radius 3 is 2.96 bits per heavy atom. The first kappa shape index (κ1) is 16.4. The summed E-state index contributed by atoms with van der Waals surface area (Å²) in [5, 5.41) is 9.81. The summed E-state index contributed by atoms with van der Waals surface area (Å²) in [5.74, 6) is 0.506. The fourth-order valence-electron chi connectivity index (χ4n) is 2.52. The predicted molar refractivity (Wildman–Crippen MR) is 92.3 cm³/mol. The zero-order valence-corrected chi connectivity index (χ0v) is 14.6. The molecule has 3 rings (SSSR count). The van der Waals surface area contributed by atoms with Gasteiger partial charge in [0.1, 0.15) is 10.8 Å². The minimum absolute atomic E-state index is 0.205. The average Bonchev–Trinajstić information content (AvgIpc) is 3.19. The number of carbonyl (C=O) groups excluding carboxylic acids is 1. The molecule has 0 unspecified atom stereocenters. The molecule has 1 aromatic heterocycles. The van der Waals surface area contributed by atoms with Crippen LogP contribution >= 0.6 is 11.3 Å². The molecule has 2 aromatic rings. The van der Waals surface area contributed by atoms with Crippen LogP contribution in [0.5, 0.6) is 5.75 Å². The lowest BCUT2D eigenvalue weighted by Gasteiger charge is -2.20. The summed E-state index contributed by atoms with van der Waals surface area (Å²) in [6.45, 7) is 4.05. The normalized spacial score (nSPS) is 19.5. The zero-order chi connectivity index (χ0) is 17.2. The van der Waals surface area contributed by atoms with Gasteiger partial charge in [0.2, 0.25) is 5.60 Å². The lowest BCUT2D eigenvalue weighted by molar-refractivity contribution is -0.141. The second-order valence-electron chi connectivity index (χ2n) is 5.80. The fraction of sp³-hybridized carbons (Fsp3) is 0.353. The van der Waals surface area contributed by atoms with Crippen molar-refractivity contribution in [2.45, 2.75) is 32.4 Å². The van der Waals surface area contributed by atoms with Crippen LogP contribution in [0, 0.1) is 6.92 Å². The van der Waals surface area contributed by atoms with E-state index < -0.39 is 5.60 Å². The largest absolute Gasteiger partial charge is 0.496 e. The van der Waals surface area contributed by atoms with Gasteiger partial charge in [-0.1, -0.05) is 17.3 Å². The van der Waals surface area contributed by atoms with Crippen molar-refractivity contribution in [2.75, 3.05) is 7.11 Å². The van der Waals surface area contributed by atoms with Crippen molar-refractivity contribution in [2.24, 2.45) is 5.16 Å². The number of nitrogens with zero attached hydrogens (tertiary/aromatic N) is 2. The molecule has 0 fully saturated rings. The van der Waals surface area contributed by atoms with Gasteiger partial charge < -0.3 is 14.9 Å². The van der Waals surface area contributed by atoms with Gasteiger partial charge in [0, 0.05) is 23.1 Å². The van der Waals surface area contributed by atoms with Crippen LogP contribution in [0.4, 0.5) is 0 Å². The number of methoxy groups -OCH3 is 1. The lowest BCUT2D eigenvalue weighted by Crippen LogP contribution is -2.44. The van der Waals surface area contributed by atoms with Crippen LogP contribution in [0.1, 0.15) is 29.6 Å². The Morgan fingerprint density at radius 1 is 1.46 bits per heavy atom. The van der Waals surface area contributed by atoms with E-state index >= 15 is 0 Å². The molecular formula is C17H19N3O3S. The standard InChI is InChI=1S/C17H19N3O3S/c1-11-10-24-15(19-11)9-18-16(21)17(2)8-13(20-23-17)12-6-4-5-7-14(12)22-3/h4-7,10H,8-9H2,1-3H3,(H,18,21)/t17-/m1/s1. The highest BCUT2D eigenvalue weighted by atomic mass is 32.1. The van der Waals surface area contributed by atoms with Gasteiger partial charge in [0.05, 0.1) is 19.4 Å². The summed E-state index contributed by atoms with van der Waals surface area (Å²) in [6.07, 6.45) is 0.385. The summed E-state index contributed by atoms with van der Waals surface area (Å²) >= 11 is 1.52. The minimum Gasteiger partial charge on any atom is -0.496 e. The molecule has 1 aromatic carbocycles. The third-order valence-corrected chi connectivity index (χ3v) is 4.79. The molecule has 0 spiro atoms. The number of rotatable bonds is 5. The van der Waals surface area contributed by atoms with Crippen LogP contribution in [0.2, 0.25) is 0 Å². The molecule has 1 aliphatic heterocycles. The Morgan fingerprint density at radius 2 is 2.25 bits per heavy atom. The number of thiazole rings is 1. The molecule has 0 radical (unpaired) electrons. The van der Waals surface area contributed by atoms with Crippen molar-refractivity contribution in [1.29, 1.82) is 0 Å². The van der Waals surface area contributed by atoms with E-state index in [0.29, 0.717) is 24.4 Å². The SMILES string of the molecule is COc1ccccc1C1=NO[C@@](C)(C(=O)NCc2nc(C)cs2)C1. The molecular weight excluding hydrogens is 326 g/mol. The maximum atomic E-state index is 12.5. The van der Waals surface area contributed by atoms with Crippen molar-refractivity contribution in [3.63, 3.8) is 0 Å². The number of carbonyl (C=O) groups is 1. The third kappa shape index (κ3) is 3.26. The van der Waals surface area contributed by atoms with Crippen molar-refractivity contribution in [3.8, 4) is 5.75 Å². The zero-order valence-electron chi connectivity index (χ0n) is 13.8. The summed E-state index contributed by atoms with van der Waals surface area (Å²) in [7, 11) is 1.61. The number of ether oxygens (including phenoxy) is 1. The summed E-state index contributed by atoms with van der Waals surface area (Å²) < 4.78 is 5.35. The van der Waals surface area contributed by atoms with Gasteiger partial charge in [-0.2, -0.15) is 0 Å². The highest BCUT2D eigenvalue weighted by Gasteiger charge is 2.42. The number of oxime groups is 1. The van der Waals surface area contributed by atoms with Crippen molar-refractivity contribution in [3.05, 3.63) is 45.9 Å². The monoisotopic (exact) mass is 345 g/mol. The molecule has 0 bridgehead atoms. The maximum Gasteiger partial charge on any atom is 0.267 e. The molecule has 0 aliphatic carbocycles. The molecule has 0 saturated heterocycles. The third-order valence-electron chi connectivity index (χ3n) is 3.83. The number of aromatic nitrogens is 1. The lowest BCUT2D eigenvalue weighted by atomic mass is 9.94. The molecule has 0 saturated carbocycles. The number of hydrogen-bond donors (Lipinski definition) is 1. The van der Waals surface area contributed by atoms with Crippen molar-refractivity contribution >= 4 is 23.0 Å². The number of nitrogens with one attached hydrogen (secondary N) is 1. The summed E-state index contributed by atoms with van der Waals surface area (Å²) in [5.41, 5.74) is 1.47. The van der Waals surface area contributed by atoms with E-state index in [1.54, 1.807) is 14.0 Å². The van der Waals surface area contributed by atoms with Crippen LogP contribution in [-0.2, 0) is 16.2 Å². The van der Waals surface area contributed by atoms with Crippen LogP contribution in [0.15, 0.2) is 34.8 Å². The fourth-order valence-corrected chi connectivity index (χ4v) is 3.23. The summed E-state index contributed by atoms with van der Waals surface area (Å²) in [4.78, 5) is 22.3. The number of benzene rings is 1. The smallest absolute Gasteiger partial charge is 0.267 e. The van der Waals surface area contributed by atoms with E-state index in [2.05, 4.69) is 15.5 Å². The first-order valence-corrected chi connectivity index (χ1v) is 8.47. The number of hydrogen-bond acceptors (Lipinski definition) is 6. The topological polar surface area (TPSA) is 72.8 Å². The van der Waals surface area contributed by atoms with Crippen molar-refractivity contribution < 1.29 is 14.4 Å². The molecule has 7 heteroatoms. The summed E-state index contributed by atoms with van der Waals surface area (Å²) in [6, 6.07) is 7.56. The molecule has 1 atom stereocenters. The van der Waals surface area contributed by atoms with Crippen LogP contribution in [-0.4, -0.2) is 29.3 Å². The maximum absolute atomic E-state index is 12.5. The predicted octanol–water partition coefficient (Wildman–Crippen LogP) is 2.66. The van der Waals surface area contributed by atoms with E-state index in [9.17, 15) is 4.79 Å². The van der Waals surface area contributed by atoms with Gasteiger partial charge in [-0.15, -0.1) is 11.3 Å². The average molecular weight is 345 g/mol. The first-order valence-electron chi connectivity index (χ1n) is 7.59. The van der Waals surface area contributed by atoms with E-state index in [-0.39, 0.29) is 5.91 Å². The van der Waals surface area contributed by atoms with E-state index in [0.717, 1.165) is 16.3 Å². The number of amides is 1. The van der Waals surface area contributed by atoms with Gasteiger partial charge in [-0.3, -0.25) is 4.79 Å². The Hall–Kier alpha value is -2.41. The molecule has 1 amide bonds. The first-order chi connectivity index (χ1) is 11.5. The molecule has 126 valence electrons. The quantitative estimate of drug-likeness (QED) is 0.904. The van der Waals surface area contributed by atoms with Crippen LogP contribution < -0.4 is 10.1 Å². The van der Waals surface area contributed by atoms with Gasteiger partial charge in [-0.05, 0) is 26.0 Å². The van der Waals surface area contributed by atoms with Gasteiger partial charge >= 0.3 is 0 Å². The second kappa shape index (κ2) is 6.60. The van der Waals surface area contributed by atoms with Crippen LogP contribution in [0.3, 0.4) is 0 Å². The van der Waals surface area contributed by atoms with E-state index in [4.69, 9.17) is 9.57 Å². The van der Waals surface area contributed by atoms with E-state index in [1.165, 1.54) is 11.3 Å². The highest BCUT2D eigenvalue weighted by molar-refractivity contribution is 7.09. The van der Waals surface area contributed by atoms with Crippen LogP contribution in [0.25, 0.3) is 0 Å². The Kier molecular flexibility index (Phi) is 4.53. The molecule has 6 nitrogen and oxygen atoms in total. The number of para-hydroxylation sites is 1. The Labute approximate surface area is 144 Å². The molecule has 24 heavy (non-hydrogen) atoms. The molecule has 1 N–H and O–H groups in total. The van der Waals surface area contributed by atoms with Crippen molar-refractivity contribution in [1.82, 2.24) is 10.3 Å². The molecule has 2 heterocycles. The Bertz CT molecular complexity index is 787. The van der Waals surface area contributed by atoms with Gasteiger partial charge in [0.25, 0.3) is 5.91 Å².